The summed E-state index contributed by atoms with van der Waals surface area (Å²) in [6.45, 7) is 8.22. The van der Waals surface area contributed by atoms with Crippen molar-refractivity contribution in [1.82, 2.24) is 29.4 Å². The molecule has 1 aliphatic rings. The number of aryl methyl sites for hydroxylation is 1. The Morgan fingerprint density at radius 3 is 2.72 bits per heavy atom. The molecule has 1 saturated heterocycles. The Labute approximate surface area is 187 Å². The van der Waals surface area contributed by atoms with Crippen molar-refractivity contribution in [3.63, 3.8) is 0 Å². The lowest BCUT2D eigenvalue weighted by atomic mass is 9.96. The molecule has 0 spiro atoms. The molecule has 32 heavy (non-hydrogen) atoms. The molecule has 0 saturated carbocycles. The van der Waals surface area contributed by atoms with E-state index in [9.17, 15) is 4.79 Å². The summed E-state index contributed by atoms with van der Waals surface area (Å²) in [5.74, 6) is 1.09. The van der Waals surface area contributed by atoms with Gasteiger partial charge in [0.2, 0.25) is 5.91 Å². The number of rotatable bonds is 4. The fraction of sp³-hybridized carbons (Fsp3) is 0.417. The van der Waals surface area contributed by atoms with Crippen molar-refractivity contribution < 1.29 is 4.79 Å². The second kappa shape index (κ2) is 8.02. The van der Waals surface area contributed by atoms with E-state index in [1.807, 2.05) is 25.4 Å². The fourth-order valence-corrected chi connectivity index (χ4v) is 4.72. The first-order valence-electron chi connectivity index (χ1n) is 11.2. The number of nitrogens with one attached hydrogen (secondary N) is 2. The van der Waals surface area contributed by atoms with Crippen molar-refractivity contribution in [3.05, 3.63) is 36.5 Å². The summed E-state index contributed by atoms with van der Waals surface area (Å²) in [5.41, 5.74) is 5.27. The Hall–Kier alpha value is -3.26. The van der Waals surface area contributed by atoms with E-state index < -0.39 is 0 Å². The predicted octanol–water partition coefficient (Wildman–Crippen LogP) is 4.14. The van der Waals surface area contributed by atoms with Crippen LogP contribution in [0.3, 0.4) is 0 Å². The van der Waals surface area contributed by atoms with E-state index in [4.69, 9.17) is 0 Å². The minimum absolute atomic E-state index is 0.0544. The Balaban J connectivity index is 1.48. The van der Waals surface area contributed by atoms with Crippen LogP contribution >= 0.6 is 0 Å². The number of imidazole rings is 1. The standard InChI is InChI=1S/C24H29N7O/c1-14(2)31-15(3)28-23-21(31)9-17(11-25-23)20-13-27-22-19(20)10-18(12-26-22)29-24(32)16-5-7-30(4)8-6-16/h9-14,16H,5-8H2,1-4H3,(H,26,27)(H,29,32). The summed E-state index contributed by atoms with van der Waals surface area (Å²) in [7, 11) is 2.10. The highest BCUT2D eigenvalue weighted by Crippen LogP contribution is 2.32. The summed E-state index contributed by atoms with van der Waals surface area (Å²) < 4.78 is 2.20. The molecular formula is C24H29N7O. The highest BCUT2D eigenvalue weighted by molar-refractivity contribution is 5.99. The number of anilines is 1. The van der Waals surface area contributed by atoms with Crippen molar-refractivity contribution in [1.29, 1.82) is 0 Å². The number of carbonyl (C=O) groups is 1. The molecule has 8 nitrogen and oxygen atoms in total. The van der Waals surface area contributed by atoms with Gasteiger partial charge in [-0.3, -0.25) is 4.79 Å². The number of aromatic nitrogens is 5. The molecule has 0 bridgehead atoms. The average Bonchev–Trinajstić information content (AvgIpc) is 3.33. The van der Waals surface area contributed by atoms with Gasteiger partial charge in [-0.1, -0.05) is 0 Å². The molecule has 0 aromatic carbocycles. The lowest BCUT2D eigenvalue weighted by molar-refractivity contribution is -0.121. The Bertz CT molecular complexity index is 1290. The van der Waals surface area contributed by atoms with E-state index in [-0.39, 0.29) is 11.8 Å². The summed E-state index contributed by atoms with van der Waals surface area (Å²) in [5, 5.41) is 4.04. The summed E-state index contributed by atoms with van der Waals surface area (Å²) in [4.78, 5) is 32.0. The molecule has 5 heterocycles. The first-order valence-corrected chi connectivity index (χ1v) is 11.2. The number of amides is 1. The number of nitrogens with zero attached hydrogens (tertiary/aromatic N) is 5. The van der Waals surface area contributed by atoms with Crippen molar-refractivity contribution >= 4 is 33.8 Å². The number of fused-ring (bicyclic) bond motifs is 2. The first kappa shape index (κ1) is 20.6. The van der Waals surface area contributed by atoms with Gasteiger partial charge in [0.1, 0.15) is 11.5 Å². The second-order valence-corrected chi connectivity index (χ2v) is 9.08. The van der Waals surface area contributed by atoms with Crippen LogP contribution in [0.2, 0.25) is 0 Å². The van der Waals surface area contributed by atoms with Gasteiger partial charge in [0.05, 0.1) is 17.4 Å². The zero-order valence-corrected chi connectivity index (χ0v) is 19.0. The summed E-state index contributed by atoms with van der Waals surface area (Å²) >= 11 is 0. The molecule has 1 aliphatic heterocycles. The highest BCUT2D eigenvalue weighted by Gasteiger charge is 2.23. The Kier molecular flexibility index (Phi) is 5.17. The predicted molar refractivity (Wildman–Crippen MR) is 127 cm³/mol. The molecule has 8 heteroatoms. The topological polar surface area (TPSA) is 91.7 Å². The number of piperidine rings is 1. The van der Waals surface area contributed by atoms with Crippen molar-refractivity contribution in [2.24, 2.45) is 5.92 Å². The molecule has 2 N–H and O–H groups in total. The van der Waals surface area contributed by atoms with E-state index in [2.05, 4.69) is 61.7 Å². The third-order valence-corrected chi connectivity index (χ3v) is 6.44. The number of pyridine rings is 2. The van der Waals surface area contributed by atoms with Crippen LogP contribution in [0.1, 0.15) is 38.6 Å². The summed E-state index contributed by atoms with van der Waals surface area (Å²) in [6.07, 6.45) is 7.30. The van der Waals surface area contributed by atoms with Crippen molar-refractivity contribution in [2.45, 2.75) is 39.7 Å². The lowest BCUT2D eigenvalue weighted by Gasteiger charge is -2.28. The van der Waals surface area contributed by atoms with Crippen LogP contribution in [0, 0.1) is 12.8 Å². The number of likely N-dealkylation sites (tertiary alicyclic amines) is 1. The third-order valence-electron chi connectivity index (χ3n) is 6.44. The Morgan fingerprint density at radius 2 is 1.97 bits per heavy atom. The molecule has 5 rings (SSSR count). The van der Waals surface area contributed by atoms with Gasteiger partial charge in [0.25, 0.3) is 0 Å². The number of hydrogen-bond acceptors (Lipinski definition) is 5. The van der Waals surface area contributed by atoms with Crippen LogP contribution in [-0.2, 0) is 4.79 Å². The number of hydrogen-bond donors (Lipinski definition) is 2. The van der Waals surface area contributed by atoms with Gasteiger partial charge in [-0.15, -0.1) is 0 Å². The second-order valence-electron chi connectivity index (χ2n) is 9.08. The molecule has 0 atom stereocenters. The molecular weight excluding hydrogens is 402 g/mol. The van der Waals surface area contributed by atoms with Crippen molar-refractivity contribution in [3.8, 4) is 11.1 Å². The molecule has 166 valence electrons. The van der Waals surface area contributed by atoms with Crippen LogP contribution in [0.25, 0.3) is 33.3 Å². The molecule has 0 radical (unpaired) electrons. The largest absolute Gasteiger partial charge is 0.346 e. The smallest absolute Gasteiger partial charge is 0.227 e. The zero-order valence-electron chi connectivity index (χ0n) is 19.0. The van der Waals surface area contributed by atoms with Crippen LogP contribution in [0.15, 0.2) is 30.7 Å². The monoisotopic (exact) mass is 431 g/mol. The number of H-pyrrole nitrogens is 1. The Morgan fingerprint density at radius 1 is 1.19 bits per heavy atom. The summed E-state index contributed by atoms with van der Waals surface area (Å²) in [6, 6.07) is 4.42. The number of carbonyl (C=O) groups excluding carboxylic acids is 1. The van der Waals surface area contributed by atoms with E-state index >= 15 is 0 Å². The minimum atomic E-state index is 0.0544. The maximum atomic E-state index is 12.8. The van der Waals surface area contributed by atoms with Crippen LogP contribution in [-0.4, -0.2) is 55.4 Å². The SMILES string of the molecule is Cc1nc2ncc(-c3c[nH]c4ncc(NC(=O)C5CCN(C)CC5)cc34)cc2n1C(C)C. The molecule has 4 aromatic rings. The minimum Gasteiger partial charge on any atom is -0.346 e. The van der Waals surface area contributed by atoms with E-state index in [0.29, 0.717) is 6.04 Å². The quantitative estimate of drug-likeness (QED) is 0.507. The van der Waals surface area contributed by atoms with Crippen molar-refractivity contribution in [2.75, 3.05) is 25.5 Å². The number of aromatic amines is 1. The third kappa shape index (κ3) is 3.64. The highest BCUT2D eigenvalue weighted by atomic mass is 16.1. The molecule has 4 aromatic heterocycles. The molecule has 1 amide bonds. The van der Waals surface area contributed by atoms with E-state index in [1.54, 1.807) is 6.20 Å². The molecule has 0 aliphatic carbocycles. The van der Waals surface area contributed by atoms with Gasteiger partial charge in [-0.2, -0.15) is 0 Å². The van der Waals surface area contributed by atoms with Gasteiger partial charge < -0.3 is 19.8 Å². The maximum Gasteiger partial charge on any atom is 0.227 e. The van der Waals surface area contributed by atoms with Gasteiger partial charge in [0, 0.05) is 40.9 Å². The van der Waals surface area contributed by atoms with Crippen LogP contribution in [0.4, 0.5) is 5.69 Å². The normalized spacial score (nSPS) is 15.8. The van der Waals surface area contributed by atoms with E-state index in [0.717, 1.165) is 70.8 Å². The molecule has 0 unspecified atom stereocenters. The lowest BCUT2D eigenvalue weighted by Crippen LogP contribution is -2.35. The van der Waals surface area contributed by atoms with Gasteiger partial charge >= 0.3 is 0 Å². The van der Waals surface area contributed by atoms with Crippen LogP contribution < -0.4 is 5.32 Å². The van der Waals surface area contributed by atoms with Crippen LogP contribution in [0.5, 0.6) is 0 Å². The average molecular weight is 432 g/mol. The fourth-order valence-electron chi connectivity index (χ4n) is 4.72. The van der Waals surface area contributed by atoms with Gasteiger partial charge in [0.15, 0.2) is 5.65 Å². The van der Waals surface area contributed by atoms with E-state index in [1.165, 1.54) is 0 Å². The van der Waals surface area contributed by atoms with Gasteiger partial charge in [-0.05, 0) is 65.9 Å². The zero-order chi connectivity index (χ0) is 22.4. The maximum absolute atomic E-state index is 12.8. The van der Waals surface area contributed by atoms with Gasteiger partial charge in [-0.25, -0.2) is 15.0 Å². The molecule has 1 fully saturated rings. The first-order chi connectivity index (χ1) is 15.4.